The maximum absolute atomic E-state index is 10.7. The van der Waals surface area contributed by atoms with Crippen LogP contribution < -0.4 is 0 Å². The number of carboxylic acids is 1. The van der Waals surface area contributed by atoms with Crippen LogP contribution in [0.15, 0.2) is 29.4 Å². The third-order valence-corrected chi connectivity index (χ3v) is 4.00. The van der Waals surface area contributed by atoms with Gasteiger partial charge < -0.3 is 5.11 Å². The first-order valence-electron chi connectivity index (χ1n) is 6.56. The van der Waals surface area contributed by atoms with Gasteiger partial charge in [0.2, 0.25) is 5.16 Å². The van der Waals surface area contributed by atoms with Crippen LogP contribution in [0.5, 0.6) is 0 Å². The van der Waals surface area contributed by atoms with E-state index in [9.17, 15) is 4.79 Å². The van der Waals surface area contributed by atoms with E-state index < -0.39 is 5.97 Å². The highest BCUT2D eigenvalue weighted by Gasteiger charge is 2.13. The van der Waals surface area contributed by atoms with Crippen molar-refractivity contribution in [1.82, 2.24) is 20.2 Å². The second-order valence-electron chi connectivity index (χ2n) is 5.75. The summed E-state index contributed by atoms with van der Waals surface area (Å²) in [5.74, 6) is -0.261. The molecule has 0 fully saturated rings. The van der Waals surface area contributed by atoms with Crippen molar-refractivity contribution in [1.29, 1.82) is 0 Å². The number of tetrazole rings is 1. The lowest BCUT2D eigenvalue weighted by atomic mass is 9.87. The first kappa shape index (κ1) is 15.5. The highest BCUT2D eigenvalue weighted by Crippen LogP contribution is 2.24. The molecule has 2 aromatic rings. The maximum Gasteiger partial charge on any atom is 0.325 e. The van der Waals surface area contributed by atoms with E-state index in [1.54, 1.807) is 0 Å². The van der Waals surface area contributed by atoms with E-state index in [0.717, 1.165) is 5.56 Å². The van der Waals surface area contributed by atoms with Crippen LogP contribution in [0.25, 0.3) is 0 Å². The standard InChI is InChI=1S/C14H18N4O2S/c1-14(2,3)11-6-4-10(5-7-11)9-21-13-15-16-17-18(13)8-12(19)20/h4-7H,8-9H2,1-3H3,(H,19,20). The quantitative estimate of drug-likeness (QED) is 0.854. The van der Waals surface area contributed by atoms with Crippen LogP contribution in [0, 0.1) is 0 Å². The zero-order valence-electron chi connectivity index (χ0n) is 12.3. The molecule has 2 rings (SSSR count). The van der Waals surface area contributed by atoms with Gasteiger partial charge in [0.25, 0.3) is 0 Å². The van der Waals surface area contributed by atoms with Crippen molar-refractivity contribution in [3.8, 4) is 0 Å². The number of hydrogen-bond acceptors (Lipinski definition) is 5. The van der Waals surface area contributed by atoms with Crippen LogP contribution in [-0.4, -0.2) is 31.3 Å². The lowest BCUT2D eigenvalue weighted by Crippen LogP contribution is -2.11. The zero-order chi connectivity index (χ0) is 15.5. The van der Waals surface area contributed by atoms with Gasteiger partial charge in [-0.25, -0.2) is 4.68 Å². The van der Waals surface area contributed by atoms with Gasteiger partial charge in [-0.05, 0) is 27.0 Å². The van der Waals surface area contributed by atoms with Crippen LogP contribution >= 0.6 is 11.8 Å². The number of aliphatic carboxylic acids is 1. The van der Waals surface area contributed by atoms with Crippen molar-refractivity contribution < 1.29 is 9.90 Å². The fourth-order valence-electron chi connectivity index (χ4n) is 1.78. The van der Waals surface area contributed by atoms with Crippen LogP contribution in [0.3, 0.4) is 0 Å². The van der Waals surface area contributed by atoms with Gasteiger partial charge in [0.05, 0.1) is 0 Å². The minimum Gasteiger partial charge on any atom is -0.480 e. The average molecular weight is 306 g/mol. The summed E-state index contributed by atoms with van der Waals surface area (Å²) in [6, 6.07) is 8.41. The van der Waals surface area contributed by atoms with Crippen LogP contribution in [0.2, 0.25) is 0 Å². The molecule has 0 aliphatic rings. The van der Waals surface area contributed by atoms with Gasteiger partial charge in [0.1, 0.15) is 6.54 Å². The van der Waals surface area contributed by atoms with Gasteiger partial charge in [-0.1, -0.05) is 56.8 Å². The molecule has 1 heterocycles. The molecule has 0 aliphatic heterocycles. The van der Waals surface area contributed by atoms with Crippen molar-refractivity contribution in [2.75, 3.05) is 0 Å². The monoisotopic (exact) mass is 306 g/mol. The van der Waals surface area contributed by atoms with Gasteiger partial charge in [-0.2, -0.15) is 0 Å². The number of rotatable bonds is 5. The minimum atomic E-state index is -0.960. The molecule has 1 aromatic heterocycles. The Labute approximate surface area is 127 Å². The number of carbonyl (C=O) groups is 1. The molecule has 1 N–H and O–H groups in total. The van der Waals surface area contributed by atoms with Crippen molar-refractivity contribution >= 4 is 17.7 Å². The van der Waals surface area contributed by atoms with Crippen molar-refractivity contribution in [3.63, 3.8) is 0 Å². The van der Waals surface area contributed by atoms with Gasteiger partial charge in [0, 0.05) is 5.75 Å². The fourth-order valence-corrected chi connectivity index (χ4v) is 2.61. The summed E-state index contributed by atoms with van der Waals surface area (Å²) >= 11 is 1.43. The largest absolute Gasteiger partial charge is 0.480 e. The summed E-state index contributed by atoms with van der Waals surface area (Å²) in [6.45, 7) is 6.31. The van der Waals surface area contributed by atoms with Crippen LogP contribution in [0.1, 0.15) is 31.9 Å². The summed E-state index contributed by atoms with van der Waals surface area (Å²) < 4.78 is 1.29. The van der Waals surface area contributed by atoms with Gasteiger partial charge >= 0.3 is 5.97 Å². The smallest absolute Gasteiger partial charge is 0.325 e. The molecule has 7 heteroatoms. The van der Waals surface area contributed by atoms with Crippen LogP contribution in [-0.2, 0) is 22.5 Å². The van der Waals surface area contributed by atoms with E-state index in [1.807, 2.05) is 0 Å². The first-order chi connectivity index (χ1) is 9.86. The van der Waals surface area contributed by atoms with E-state index in [0.29, 0.717) is 10.9 Å². The molecule has 0 radical (unpaired) electrons. The molecule has 0 spiro atoms. The Morgan fingerprint density at radius 3 is 2.52 bits per heavy atom. The number of thioether (sulfide) groups is 1. The number of carboxylic acid groups (broad SMARTS) is 1. The average Bonchev–Trinajstić information content (AvgIpc) is 2.82. The SMILES string of the molecule is CC(C)(C)c1ccc(CSc2nnnn2CC(=O)O)cc1. The van der Waals surface area contributed by atoms with Gasteiger partial charge in [0.15, 0.2) is 0 Å². The summed E-state index contributed by atoms with van der Waals surface area (Å²) in [4.78, 5) is 10.7. The topological polar surface area (TPSA) is 80.9 Å². The Morgan fingerprint density at radius 1 is 1.29 bits per heavy atom. The third kappa shape index (κ3) is 4.29. The lowest BCUT2D eigenvalue weighted by Gasteiger charge is -2.19. The van der Waals surface area contributed by atoms with E-state index in [4.69, 9.17) is 5.11 Å². The lowest BCUT2D eigenvalue weighted by molar-refractivity contribution is -0.138. The third-order valence-electron chi connectivity index (χ3n) is 2.97. The molecule has 0 unspecified atom stereocenters. The van der Waals surface area contributed by atoms with E-state index in [1.165, 1.54) is 22.0 Å². The highest BCUT2D eigenvalue weighted by molar-refractivity contribution is 7.98. The summed E-state index contributed by atoms with van der Waals surface area (Å²) in [5.41, 5.74) is 2.57. The van der Waals surface area contributed by atoms with E-state index in [-0.39, 0.29) is 12.0 Å². The fraction of sp³-hybridized carbons (Fsp3) is 0.429. The molecule has 0 aliphatic carbocycles. The summed E-state index contributed by atoms with van der Waals surface area (Å²) in [6.07, 6.45) is 0. The molecule has 112 valence electrons. The van der Waals surface area contributed by atoms with Crippen molar-refractivity contribution in [3.05, 3.63) is 35.4 Å². The molecule has 0 saturated carbocycles. The molecule has 0 atom stereocenters. The highest BCUT2D eigenvalue weighted by atomic mass is 32.2. The number of aromatic nitrogens is 4. The summed E-state index contributed by atoms with van der Waals surface area (Å²) in [5, 5.41) is 20.3. The van der Waals surface area contributed by atoms with E-state index in [2.05, 4.69) is 60.6 Å². The number of benzene rings is 1. The molecule has 6 nitrogen and oxygen atoms in total. The molecule has 0 bridgehead atoms. The molecule has 0 amide bonds. The molecule has 21 heavy (non-hydrogen) atoms. The molecule has 1 aromatic carbocycles. The number of hydrogen-bond donors (Lipinski definition) is 1. The molecule has 0 saturated heterocycles. The second-order valence-corrected chi connectivity index (χ2v) is 6.69. The predicted molar refractivity (Wildman–Crippen MR) is 80.2 cm³/mol. The van der Waals surface area contributed by atoms with Gasteiger partial charge in [-0.3, -0.25) is 4.79 Å². The minimum absolute atomic E-state index is 0.136. The van der Waals surface area contributed by atoms with E-state index >= 15 is 0 Å². The molecular weight excluding hydrogens is 288 g/mol. The first-order valence-corrected chi connectivity index (χ1v) is 7.55. The number of nitrogens with zero attached hydrogens (tertiary/aromatic N) is 4. The van der Waals surface area contributed by atoms with Crippen molar-refractivity contribution in [2.45, 2.75) is 43.6 Å². The van der Waals surface area contributed by atoms with Gasteiger partial charge in [-0.15, -0.1) is 5.10 Å². The Kier molecular flexibility index (Phi) is 4.62. The summed E-state index contributed by atoms with van der Waals surface area (Å²) in [7, 11) is 0. The maximum atomic E-state index is 10.7. The normalized spacial score (nSPS) is 11.6. The Hall–Kier alpha value is -1.89. The Balaban J connectivity index is 2.00. The molecular formula is C14H18N4O2S. The Bertz CT molecular complexity index is 617. The van der Waals surface area contributed by atoms with Crippen molar-refractivity contribution in [2.24, 2.45) is 0 Å². The zero-order valence-corrected chi connectivity index (χ0v) is 13.1. The second kappa shape index (κ2) is 6.26. The predicted octanol–water partition coefficient (Wildman–Crippen LogP) is 2.35. The van der Waals surface area contributed by atoms with Crippen LogP contribution in [0.4, 0.5) is 0 Å². The Morgan fingerprint density at radius 2 is 1.95 bits per heavy atom.